The van der Waals surface area contributed by atoms with Crippen molar-refractivity contribution < 1.29 is 13.9 Å². The van der Waals surface area contributed by atoms with Crippen molar-refractivity contribution in [1.29, 1.82) is 0 Å². The molecule has 0 atom stereocenters. The molecule has 0 aliphatic rings. The fourth-order valence-electron chi connectivity index (χ4n) is 1.32. The van der Waals surface area contributed by atoms with Crippen molar-refractivity contribution in [2.75, 3.05) is 20.8 Å². The summed E-state index contributed by atoms with van der Waals surface area (Å²) in [7, 11) is 3.17. The maximum absolute atomic E-state index is 5.37. The highest BCUT2D eigenvalue weighted by Crippen LogP contribution is 2.25. The standard InChI is InChI=1S/C11H17NO3/c1-4-7-12-9-11(13-2,14-3)10-6-5-8-15-10/h4-8,12H,9H2,1-3H3/b7-4+. The van der Waals surface area contributed by atoms with E-state index >= 15 is 0 Å². The van der Waals surface area contributed by atoms with Crippen molar-refractivity contribution in [3.63, 3.8) is 0 Å². The molecule has 4 heteroatoms. The van der Waals surface area contributed by atoms with E-state index in [2.05, 4.69) is 5.32 Å². The number of rotatable bonds is 6. The molecule has 0 bridgehead atoms. The second-order valence-electron chi connectivity index (χ2n) is 3.02. The van der Waals surface area contributed by atoms with E-state index in [1.165, 1.54) is 0 Å². The Bertz CT molecular complexity index is 289. The Morgan fingerprint density at radius 1 is 1.47 bits per heavy atom. The van der Waals surface area contributed by atoms with Crippen LogP contribution in [0.1, 0.15) is 12.7 Å². The molecule has 0 aromatic carbocycles. The molecule has 1 heterocycles. The maximum Gasteiger partial charge on any atom is 0.245 e. The predicted molar refractivity (Wildman–Crippen MR) is 57.2 cm³/mol. The van der Waals surface area contributed by atoms with Gasteiger partial charge in [0, 0.05) is 14.2 Å². The summed E-state index contributed by atoms with van der Waals surface area (Å²) in [6.07, 6.45) is 5.33. The van der Waals surface area contributed by atoms with Crippen molar-refractivity contribution in [3.8, 4) is 0 Å². The summed E-state index contributed by atoms with van der Waals surface area (Å²) in [5.41, 5.74) is 0. The van der Waals surface area contributed by atoms with E-state index in [9.17, 15) is 0 Å². The summed E-state index contributed by atoms with van der Waals surface area (Å²) >= 11 is 0. The SMILES string of the molecule is C/C=C/NCC(OC)(OC)c1ccco1. The molecule has 0 radical (unpaired) electrons. The van der Waals surface area contributed by atoms with E-state index in [1.807, 2.05) is 25.3 Å². The minimum absolute atomic E-state index is 0.484. The van der Waals surface area contributed by atoms with Gasteiger partial charge in [-0.05, 0) is 25.3 Å². The number of allylic oxidation sites excluding steroid dienone is 1. The Balaban J connectivity index is 2.78. The molecule has 1 aromatic rings. The van der Waals surface area contributed by atoms with E-state index in [-0.39, 0.29) is 0 Å². The third-order valence-corrected chi connectivity index (χ3v) is 2.18. The third-order valence-electron chi connectivity index (χ3n) is 2.18. The Labute approximate surface area is 89.9 Å². The van der Waals surface area contributed by atoms with Crippen LogP contribution in [-0.4, -0.2) is 20.8 Å². The normalized spacial score (nSPS) is 12.2. The minimum atomic E-state index is -0.872. The molecule has 0 amide bonds. The summed E-state index contributed by atoms with van der Waals surface area (Å²) in [4.78, 5) is 0. The third kappa shape index (κ3) is 2.61. The topological polar surface area (TPSA) is 43.6 Å². The Morgan fingerprint density at radius 2 is 2.20 bits per heavy atom. The molecular weight excluding hydrogens is 194 g/mol. The van der Waals surface area contributed by atoms with Crippen LogP contribution < -0.4 is 5.32 Å². The van der Waals surface area contributed by atoms with Gasteiger partial charge in [-0.15, -0.1) is 0 Å². The van der Waals surface area contributed by atoms with Gasteiger partial charge in [-0.1, -0.05) is 6.08 Å². The molecule has 0 fully saturated rings. The number of ether oxygens (including phenoxy) is 2. The Kier molecular flexibility index (Phi) is 4.39. The van der Waals surface area contributed by atoms with Crippen molar-refractivity contribution in [3.05, 3.63) is 36.4 Å². The zero-order valence-electron chi connectivity index (χ0n) is 9.32. The lowest BCUT2D eigenvalue weighted by Gasteiger charge is -2.28. The highest BCUT2D eigenvalue weighted by atomic mass is 16.7. The van der Waals surface area contributed by atoms with Crippen LogP contribution in [0.3, 0.4) is 0 Å². The molecule has 0 unspecified atom stereocenters. The smallest absolute Gasteiger partial charge is 0.245 e. The molecule has 0 aliphatic heterocycles. The first-order valence-electron chi connectivity index (χ1n) is 4.78. The van der Waals surface area contributed by atoms with Crippen LogP contribution >= 0.6 is 0 Å². The van der Waals surface area contributed by atoms with Gasteiger partial charge in [-0.25, -0.2) is 0 Å². The van der Waals surface area contributed by atoms with E-state index in [4.69, 9.17) is 13.9 Å². The van der Waals surface area contributed by atoms with Crippen LogP contribution in [0.25, 0.3) is 0 Å². The van der Waals surface area contributed by atoms with Crippen LogP contribution in [0.5, 0.6) is 0 Å². The number of methoxy groups -OCH3 is 2. The van der Waals surface area contributed by atoms with Gasteiger partial charge in [0.25, 0.3) is 0 Å². The monoisotopic (exact) mass is 211 g/mol. The van der Waals surface area contributed by atoms with Crippen LogP contribution in [-0.2, 0) is 15.3 Å². The van der Waals surface area contributed by atoms with Gasteiger partial charge in [0.15, 0.2) is 5.76 Å². The van der Waals surface area contributed by atoms with Crippen molar-refractivity contribution in [2.24, 2.45) is 0 Å². The second-order valence-corrected chi connectivity index (χ2v) is 3.02. The number of hydrogen-bond donors (Lipinski definition) is 1. The maximum atomic E-state index is 5.37. The summed E-state index contributed by atoms with van der Waals surface area (Å²) in [5.74, 6) is -0.229. The first kappa shape index (κ1) is 11.8. The minimum Gasteiger partial charge on any atom is -0.464 e. The van der Waals surface area contributed by atoms with Crippen molar-refractivity contribution in [1.82, 2.24) is 5.32 Å². The van der Waals surface area contributed by atoms with Gasteiger partial charge in [0.1, 0.15) is 0 Å². The Hall–Kier alpha value is -1.26. The summed E-state index contributed by atoms with van der Waals surface area (Å²) in [6.45, 7) is 2.42. The lowest BCUT2D eigenvalue weighted by Crippen LogP contribution is -2.39. The number of furan rings is 1. The van der Waals surface area contributed by atoms with Crippen molar-refractivity contribution in [2.45, 2.75) is 12.7 Å². The fourth-order valence-corrected chi connectivity index (χ4v) is 1.32. The van der Waals surface area contributed by atoms with Gasteiger partial charge in [-0.2, -0.15) is 0 Å². The fraction of sp³-hybridized carbons (Fsp3) is 0.455. The summed E-state index contributed by atoms with van der Waals surface area (Å²) in [5, 5.41) is 3.08. The largest absolute Gasteiger partial charge is 0.464 e. The lowest BCUT2D eigenvalue weighted by molar-refractivity contribution is -0.221. The summed E-state index contributed by atoms with van der Waals surface area (Å²) in [6, 6.07) is 3.63. The van der Waals surface area contributed by atoms with Gasteiger partial charge >= 0.3 is 0 Å². The quantitative estimate of drug-likeness (QED) is 0.729. The molecule has 4 nitrogen and oxygen atoms in total. The Morgan fingerprint density at radius 3 is 2.67 bits per heavy atom. The molecule has 0 spiro atoms. The molecule has 1 aromatic heterocycles. The molecule has 1 N–H and O–H groups in total. The van der Waals surface area contributed by atoms with E-state index in [0.717, 1.165) is 0 Å². The zero-order valence-corrected chi connectivity index (χ0v) is 9.32. The average molecular weight is 211 g/mol. The first-order valence-corrected chi connectivity index (χ1v) is 4.78. The highest BCUT2D eigenvalue weighted by Gasteiger charge is 2.34. The molecule has 0 aliphatic carbocycles. The van der Waals surface area contributed by atoms with Crippen LogP contribution in [0, 0.1) is 0 Å². The van der Waals surface area contributed by atoms with E-state index in [1.54, 1.807) is 26.5 Å². The van der Waals surface area contributed by atoms with Crippen LogP contribution in [0.2, 0.25) is 0 Å². The molecular formula is C11H17NO3. The predicted octanol–water partition coefficient (Wildman–Crippen LogP) is 1.85. The molecule has 15 heavy (non-hydrogen) atoms. The highest BCUT2D eigenvalue weighted by molar-refractivity contribution is 5.07. The van der Waals surface area contributed by atoms with Crippen LogP contribution in [0.15, 0.2) is 35.1 Å². The number of hydrogen-bond acceptors (Lipinski definition) is 4. The lowest BCUT2D eigenvalue weighted by atomic mass is 10.2. The number of nitrogens with one attached hydrogen (secondary N) is 1. The van der Waals surface area contributed by atoms with Gasteiger partial charge in [-0.3, -0.25) is 0 Å². The van der Waals surface area contributed by atoms with Crippen molar-refractivity contribution >= 4 is 0 Å². The second kappa shape index (κ2) is 5.58. The zero-order chi connectivity index (χ0) is 11.1. The summed E-state index contributed by atoms with van der Waals surface area (Å²) < 4.78 is 16.0. The first-order chi connectivity index (χ1) is 7.29. The molecule has 0 saturated heterocycles. The average Bonchev–Trinajstić information content (AvgIpc) is 2.79. The van der Waals surface area contributed by atoms with Gasteiger partial charge in [0.05, 0.1) is 12.8 Å². The van der Waals surface area contributed by atoms with E-state index < -0.39 is 5.79 Å². The van der Waals surface area contributed by atoms with Gasteiger partial charge < -0.3 is 19.2 Å². The molecule has 84 valence electrons. The van der Waals surface area contributed by atoms with Gasteiger partial charge in [0.2, 0.25) is 5.79 Å². The van der Waals surface area contributed by atoms with E-state index in [0.29, 0.717) is 12.3 Å². The van der Waals surface area contributed by atoms with Crippen LogP contribution in [0.4, 0.5) is 0 Å². The molecule has 0 saturated carbocycles. The molecule has 1 rings (SSSR count).